The predicted octanol–water partition coefficient (Wildman–Crippen LogP) is 4.09. The van der Waals surface area contributed by atoms with Crippen LogP contribution in [0.2, 0.25) is 0 Å². The van der Waals surface area contributed by atoms with E-state index in [0.29, 0.717) is 23.1 Å². The number of carbonyl (C=O) groups is 1. The molecular formula is C14H14BrFO2. The number of esters is 1. The summed E-state index contributed by atoms with van der Waals surface area (Å²) in [6.45, 7) is 2.15. The Morgan fingerprint density at radius 1 is 1.39 bits per heavy atom. The largest absolute Gasteiger partial charge is 0.463 e. The molecule has 96 valence electrons. The lowest BCUT2D eigenvalue weighted by atomic mass is 10.0. The molecule has 1 aromatic carbocycles. The van der Waals surface area contributed by atoms with Crippen LogP contribution in [0.1, 0.15) is 31.7 Å². The van der Waals surface area contributed by atoms with Crippen molar-refractivity contribution in [3.63, 3.8) is 0 Å². The van der Waals surface area contributed by atoms with Gasteiger partial charge in [-0.2, -0.15) is 0 Å². The lowest BCUT2D eigenvalue weighted by Crippen LogP contribution is -2.07. The average molecular weight is 313 g/mol. The normalized spacial score (nSPS) is 15.1. The molecule has 0 unspecified atom stereocenters. The van der Waals surface area contributed by atoms with E-state index in [9.17, 15) is 9.18 Å². The maximum absolute atomic E-state index is 13.4. The van der Waals surface area contributed by atoms with Crippen LogP contribution in [0.5, 0.6) is 0 Å². The summed E-state index contributed by atoms with van der Waals surface area (Å²) < 4.78 is 19.1. The van der Waals surface area contributed by atoms with Gasteiger partial charge in [-0.15, -0.1) is 0 Å². The highest BCUT2D eigenvalue weighted by Gasteiger charge is 2.23. The molecule has 0 heterocycles. The fraction of sp³-hybridized carbons (Fsp3) is 0.357. The first-order valence-electron chi connectivity index (χ1n) is 5.97. The minimum absolute atomic E-state index is 0.273. The van der Waals surface area contributed by atoms with Crippen LogP contribution >= 0.6 is 15.9 Å². The Morgan fingerprint density at radius 3 is 2.83 bits per heavy atom. The summed E-state index contributed by atoms with van der Waals surface area (Å²) in [5.74, 6) is -0.577. The molecule has 4 heteroatoms. The van der Waals surface area contributed by atoms with E-state index in [1.807, 2.05) is 6.07 Å². The maximum atomic E-state index is 13.4. The van der Waals surface area contributed by atoms with Crippen molar-refractivity contribution in [3.8, 4) is 0 Å². The molecule has 18 heavy (non-hydrogen) atoms. The van der Waals surface area contributed by atoms with Gasteiger partial charge in [-0.05, 0) is 55.5 Å². The standard InChI is InChI=1S/C14H14BrFO2/c1-2-18-14(17)13-5-3-4-12(13)9-6-10(15)8-11(16)7-9/h6-8H,2-5H2,1H3. The average Bonchev–Trinajstić information content (AvgIpc) is 2.76. The number of benzene rings is 1. The molecule has 0 bridgehead atoms. The highest BCUT2D eigenvalue weighted by atomic mass is 79.9. The fourth-order valence-corrected chi connectivity index (χ4v) is 2.70. The number of halogens is 2. The molecule has 0 fully saturated rings. The second-order valence-corrected chi connectivity index (χ2v) is 5.10. The quantitative estimate of drug-likeness (QED) is 0.786. The molecule has 0 atom stereocenters. The van der Waals surface area contributed by atoms with Crippen LogP contribution in [-0.4, -0.2) is 12.6 Å². The van der Waals surface area contributed by atoms with Crippen LogP contribution in [0.3, 0.4) is 0 Å². The van der Waals surface area contributed by atoms with Crippen molar-refractivity contribution >= 4 is 27.5 Å². The molecule has 0 saturated heterocycles. The zero-order valence-corrected chi connectivity index (χ0v) is 11.7. The van der Waals surface area contributed by atoms with Gasteiger partial charge in [-0.3, -0.25) is 0 Å². The Bertz CT molecular complexity index is 488. The van der Waals surface area contributed by atoms with Gasteiger partial charge in [0.25, 0.3) is 0 Å². The molecular weight excluding hydrogens is 299 g/mol. The first-order valence-corrected chi connectivity index (χ1v) is 6.76. The van der Waals surface area contributed by atoms with Crippen molar-refractivity contribution in [1.29, 1.82) is 0 Å². The smallest absolute Gasteiger partial charge is 0.334 e. The number of hydrogen-bond donors (Lipinski definition) is 0. The van der Waals surface area contributed by atoms with Crippen molar-refractivity contribution in [1.82, 2.24) is 0 Å². The fourth-order valence-electron chi connectivity index (χ4n) is 2.23. The van der Waals surface area contributed by atoms with E-state index in [-0.39, 0.29) is 11.8 Å². The molecule has 0 radical (unpaired) electrons. The molecule has 2 nitrogen and oxygen atoms in total. The lowest BCUT2D eigenvalue weighted by Gasteiger charge is -2.08. The maximum Gasteiger partial charge on any atom is 0.334 e. The minimum Gasteiger partial charge on any atom is -0.463 e. The van der Waals surface area contributed by atoms with Gasteiger partial charge in [0.15, 0.2) is 0 Å². The molecule has 0 spiro atoms. The highest BCUT2D eigenvalue weighted by molar-refractivity contribution is 9.10. The van der Waals surface area contributed by atoms with E-state index < -0.39 is 0 Å². The Balaban J connectivity index is 2.40. The third-order valence-electron chi connectivity index (χ3n) is 2.95. The Kier molecular flexibility index (Phi) is 4.17. The number of allylic oxidation sites excluding steroid dienone is 1. The zero-order valence-electron chi connectivity index (χ0n) is 10.1. The van der Waals surface area contributed by atoms with Crippen molar-refractivity contribution in [2.45, 2.75) is 26.2 Å². The van der Waals surface area contributed by atoms with Crippen LogP contribution in [-0.2, 0) is 9.53 Å². The summed E-state index contributed by atoms with van der Waals surface area (Å²) in [4.78, 5) is 11.8. The summed E-state index contributed by atoms with van der Waals surface area (Å²) in [7, 11) is 0. The number of carbonyl (C=O) groups excluding carboxylic acids is 1. The molecule has 0 amide bonds. The van der Waals surface area contributed by atoms with Crippen molar-refractivity contribution in [2.24, 2.45) is 0 Å². The number of ether oxygens (including phenoxy) is 1. The van der Waals surface area contributed by atoms with E-state index in [1.54, 1.807) is 6.92 Å². The van der Waals surface area contributed by atoms with Crippen LogP contribution in [0, 0.1) is 5.82 Å². The third kappa shape index (κ3) is 2.80. The summed E-state index contributed by atoms with van der Waals surface area (Å²) in [5.41, 5.74) is 2.37. The van der Waals surface area contributed by atoms with Crippen LogP contribution in [0.15, 0.2) is 28.2 Å². The molecule has 1 aliphatic rings. The molecule has 1 aromatic rings. The Labute approximate surface area is 114 Å². The van der Waals surface area contributed by atoms with Gasteiger partial charge < -0.3 is 4.74 Å². The summed E-state index contributed by atoms with van der Waals surface area (Å²) in [6, 6.07) is 4.71. The number of rotatable bonds is 3. The second kappa shape index (κ2) is 5.65. The van der Waals surface area contributed by atoms with Crippen LogP contribution in [0.25, 0.3) is 5.57 Å². The SMILES string of the molecule is CCOC(=O)C1=C(c2cc(F)cc(Br)c2)CCC1. The van der Waals surface area contributed by atoms with E-state index >= 15 is 0 Å². The van der Waals surface area contributed by atoms with Gasteiger partial charge in [-0.1, -0.05) is 15.9 Å². The molecule has 0 aromatic heterocycles. The number of hydrogen-bond acceptors (Lipinski definition) is 2. The third-order valence-corrected chi connectivity index (χ3v) is 3.41. The summed E-state index contributed by atoms with van der Waals surface area (Å²) in [5, 5.41) is 0. The van der Waals surface area contributed by atoms with Gasteiger partial charge >= 0.3 is 5.97 Å². The molecule has 2 rings (SSSR count). The Morgan fingerprint density at radius 2 is 2.17 bits per heavy atom. The molecule has 0 aliphatic heterocycles. The summed E-state index contributed by atoms with van der Waals surface area (Å²) in [6.07, 6.45) is 2.42. The topological polar surface area (TPSA) is 26.3 Å². The van der Waals surface area contributed by atoms with E-state index in [1.165, 1.54) is 12.1 Å². The minimum atomic E-state index is -0.304. The van der Waals surface area contributed by atoms with Gasteiger partial charge in [-0.25, -0.2) is 9.18 Å². The lowest BCUT2D eigenvalue weighted by molar-refractivity contribution is -0.138. The van der Waals surface area contributed by atoms with E-state index in [4.69, 9.17) is 4.74 Å². The van der Waals surface area contributed by atoms with Crippen molar-refractivity contribution in [2.75, 3.05) is 6.61 Å². The highest BCUT2D eigenvalue weighted by Crippen LogP contribution is 2.35. The van der Waals surface area contributed by atoms with Crippen molar-refractivity contribution in [3.05, 3.63) is 39.6 Å². The first-order chi connectivity index (χ1) is 8.61. The molecule has 0 N–H and O–H groups in total. The van der Waals surface area contributed by atoms with E-state index in [2.05, 4.69) is 15.9 Å². The monoisotopic (exact) mass is 312 g/mol. The van der Waals surface area contributed by atoms with Crippen LogP contribution < -0.4 is 0 Å². The Hall–Kier alpha value is -1.16. The zero-order chi connectivity index (χ0) is 13.1. The summed E-state index contributed by atoms with van der Waals surface area (Å²) >= 11 is 3.27. The molecule has 0 saturated carbocycles. The van der Waals surface area contributed by atoms with Crippen molar-refractivity contribution < 1.29 is 13.9 Å². The predicted molar refractivity (Wildman–Crippen MR) is 71.5 cm³/mol. The van der Waals surface area contributed by atoms with Gasteiger partial charge in [0.2, 0.25) is 0 Å². The van der Waals surface area contributed by atoms with Crippen LogP contribution in [0.4, 0.5) is 4.39 Å². The molecule has 1 aliphatic carbocycles. The van der Waals surface area contributed by atoms with Gasteiger partial charge in [0.1, 0.15) is 5.82 Å². The second-order valence-electron chi connectivity index (χ2n) is 4.19. The van der Waals surface area contributed by atoms with Gasteiger partial charge in [0.05, 0.1) is 6.61 Å². The first kappa shape index (κ1) is 13.3. The van der Waals surface area contributed by atoms with Gasteiger partial charge in [0, 0.05) is 10.0 Å². The van der Waals surface area contributed by atoms with E-state index in [0.717, 1.165) is 24.0 Å².